The van der Waals surface area contributed by atoms with E-state index in [0.29, 0.717) is 0 Å². The zero-order valence-corrected chi connectivity index (χ0v) is 3.54. The molecule has 0 aromatic heterocycles. The van der Waals surface area contributed by atoms with Gasteiger partial charge >= 0.3 is 0 Å². The van der Waals surface area contributed by atoms with Crippen molar-refractivity contribution in [3.63, 3.8) is 0 Å². The molecule has 0 aliphatic carbocycles. The first kappa shape index (κ1) is 1.47. The lowest BCUT2D eigenvalue weighted by Gasteiger charge is -1.50. The molecule has 0 heterocycles. The van der Waals surface area contributed by atoms with Gasteiger partial charge in [-0.15, -0.1) is 6.42 Å². The normalized spacial score (nSPS) is 16.0. The maximum atomic E-state index is 6.53. The predicted octanol–water partition coefficient (Wildman–Crippen LogP) is 1.01. The minimum Gasteiger partial charge on any atom is -0.119 e. The van der Waals surface area contributed by atoms with E-state index in [2.05, 4.69) is 22.4 Å². The lowest BCUT2D eigenvalue weighted by Crippen LogP contribution is -1.45. The first-order chi connectivity index (χ1) is 2.56. The Hall–Kier alpha value is 0.0400. The monoisotopic (exact) mass is 120 g/mol. The molecule has 0 rings (SSSR count). The number of halogens is 1. The molecule has 0 fully saturated rings. The highest BCUT2D eigenvalue weighted by Crippen LogP contribution is 1.68. The highest BCUT2D eigenvalue weighted by atomic mass is 79.9. The average molecular weight is 121 g/mol. The van der Waals surface area contributed by atoms with E-state index in [1.54, 1.807) is 0 Å². The van der Waals surface area contributed by atoms with Gasteiger partial charge < -0.3 is 0 Å². The Kier molecular flexibility index (Phi) is 1.12. The quantitative estimate of drug-likeness (QED) is 0.331. The zero-order chi connectivity index (χ0) is 5.21. The number of rotatable bonds is 0. The first-order valence-electron chi connectivity index (χ1n) is 1.73. The summed E-state index contributed by atoms with van der Waals surface area (Å²) in [7, 11) is 0. The molecule has 0 radical (unpaired) electrons. The summed E-state index contributed by atoms with van der Waals surface area (Å²) in [5.74, 6) is 1.85. The minimum atomic E-state index is -1.62. The van der Waals surface area contributed by atoms with Crippen LogP contribution >= 0.6 is 15.9 Å². The fourth-order valence-corrected chi connectivity index (χ4v) is 0. The molecule has 0 aliphatic heterocycles. The Morgan fingerprint density at radius 1 is 2.50 bits per heavy atom. The zero-order valence-electron chi connectivity index (χ0n) is 3.96. The molecule has 0 amide bonds. The fraction of sp³-hybridized carbons (Fsp3) is 0.333. The molecule has 4 heavy (non-hydrogen) atoms. The maximum Gasteiger partial charge on any atom is 0.0642 e. The van der Waals surface area contributed by atoms with E-state index in [-0.39, 0.29) is 0 Å². The molecule has 0 spiro atoms. The molecule has 1 heteroatoms. The van der Waals surface area contributed by atoms with Crippen molar-refractivity contribution < 1.29 is 2.74 Å². The third-order valence-corrected chi connectivity index (χ3v) is 0.283. The van der Waals surface area contributed by atoms with Crippen LogP contribution in [-0.2, 0) is 0 Å². The van der Waals surface area contributed by atoms with Gasteiger partial charge in [0.15, 0.2) is 0 Å². The van der Waals surface area contributed by atoms with Crippen molar-refractivity contribution in [1.82, 2.24) is 0 Å². The highest BCUT2D eigenvalue weighted by molar-refractivity contribution is 9.09. The maximum absolute atomic E-state index is 6.53. The SMILES string of the molecule is [2H]C([2H])(Br)C#C. The Bertz CT molecular complexity index is 75.8. The van der Waals surface area contributed by atoms with Crippen LogP contribution in [0.1, 0.15) is 2.74 Å². The van der Waals surface area contributed by atoms with Crippen LogP contribution in [0.3, 0.4) is 0 Å². The van der Waals surface area contributed by atoms with Gasteiger partial charge in [0.1, 0.15) is 0 Å². The van der Waals surface area contributed by atoms with Crippen LogP contribution in [0.15, 0.2) is 0 Å². The number of terminal acetylenes is 1. The van der Waals surface area contributed by atoms with Crippen molar-refractivity contribution in [3.8, 4) is 12.3 Å². The summed E-state index contributed by atoms with van der Waals surface area (Å²) >= 11 is 2.57. The largest absolute Gasteiger partial charge is 0.119 e. The van der Waals surface area contributed by atoms with Gasteiger partial charge in [0.25, 0.3) is 0 Å². The molecule has 0 bridgehead atoms. The van der Waals surface area contributed by atoms with Gasteiger partial charge in [0.2, 0.25) is 0 Å². The highest BCUT2D eigenvalue weighted by Gasteiger charge is 1.46. The van der Waals surface area contributed by atoms with Crippen LogP contribution in [0.25, 0.3) is 0 Å². The van der Waals surface area contributed by atoms with E-state index < -0.39 is 5.28 Å². The summed E-state index contributed by atoms with van der Waals surface area (Å²) in [6.07, 6.45) is 4.63. The molecule has 0 saturated carbocycles. The smallest absolute Gasteiger partial charge is 0.0642 e. The van der Waals surface area contributed by atoms with Crippen LogP contribution in [0, 0.1) is 12.3 Å². The summed E-state index contributed by atoms with van der Waals surface area (Å²) in [6, 6.07) is 0. The van der Waals surface area contributed by atoms with E-state index in [9.17, 15) is 0 Å². The lowest BCUT2D eigenvalue weighted by molar-refractivity contribution is 2.02. The van der Waals surface area contributed by atoms with E-state index in [0.717, 1.165) is 0 Å². The molecule has 0 N–H and O–H groups in total. The van der Waals surface area contributed by atoms with Crippen molar-refractivity contribution in [1.29, 1.82) is 0 Å². The summed E-state index contributed by atoms with van der Waals surface area (Å²) in [5, 5.41) is -1.62. The van der Waals surface area contributed by atoms with Crippen molar-refractivity contribution in [2.75, 3.05) is 5.28 Å². The summed E-state index contributed by atoms with van der Waals surface area (Å²) in [5.41, 5.74) is 0. The van der Waals surface area contributed by atoms with Crippen LogP contribution in [0.2, 0.25) is 0 Å². The third kappa shape index (κ3) is 2.04. The Labute approximate surface area is 37.1 Å². The van der Waals surface area contributed by atoms with Gasteiger partial charge in [-0.2, -0.15) is 0 Å². The van der Waals surface area contributed by atoms with Gasteiger partial charge in [-0.05, 0) is 0 Å². The second-order valence-corrected chi connectivity index (χ2v) is 0.635. The molecule has 0 saturated heterocycles. The molecular weight excluding hydrogens is 116 g/mol. The van der Waals surface area contributed by atoms with E-state index in [4.69, 9.17) is 2.74 Å². The molecule has 22 valence electrons. The number of alkyl halides is 1. The van der Waals surface area contributed by atoms with Crippen LogP contribution in [0.4, 0.5) is 0 Å². The Balaban J connectivity index is 3.55. The Morgan fingerprint density at radius 2 is 2.75 bits per heavy atom. The van der Waals surface area contributed by atoms with E-state index in [1.165, 1.54) is 0 Å². The second kappa shape index (κ2) is 3.04. The first-order valence-corrected chi connectivity index (χ1v) is 1.52. The minimum absolute atomic E-state index is 1.62. The molecule has 0 aromatic carbocycles. The van der Waals surface area contributed by atoms with Crippen LogP contribution < -0.4 is 0 Å². The second-order valence-electron chi connectivity index (χ2n) is 0.239. The Morgan fingerprint density at radius 3 is 2.75 bits per heavy atom. The molecule has 0 unspecified atom stereocenters. The summed E-state index contributed by atoms with van der Waals surface area (Å²) in [6.45, 7) is 0. The van der Waals surface area contributed by atoms with Crippen molar-refractivity contribution in [2.45, 2.75) is 0 Å². The fourth-order valence-electron chi connectivity index (χ4n) is 0. The van der Waals surface area contributed by atoms with Gasteiger partial charge in [-0.1, -0.05) is 21.9 Å². The number of hydrogen-bond acceptors (Lipinski definition) is 0. The molecule has 0 atom stereocenters. The standard InChI is InChI=1S/C3H3Br/c1-2-3-4/h1H,3H2/i3D2. The van der Waals surface area contributed by atoms with E-state index in [1.807, 2.05) is 5.92 Å². The summed E-state index contributed by atoms with van der Waals surface area (Å²) in [4.78, 5) is 0. The van der Waals surface area contributed by atoms with Crippen LogP contribution in [-0.4, -0.2) is 5.28 Å². The van der Waals surface area contributed by atoms with E-state index >= 15 is 0 Å². The van der Waals surface area contributed by atoms with Crippen molar-refractivity contribution in [3.05, 3.63) is 0 Å². The van der Waals surface area contributed by atoms with Gasteiger partial charge in [0, 0.05) is 0 Å². The molecule has 0 aromatic rings. The summed E-state index contributed by atoms with van der Waals surface area (Å²) < 4.78 is 13.1. The van der Waals surface area contributed by atoms with Crippen LogP contribution in [0.5, 0.6) is 0 Å². The third-order valence-electron chi connectivity index (χ3n) is 0.0546. The molecule has 0 aliphatic rings. The van der Waals surface area contributed by atoms with Crippen molar-refractivity contribution >= 4 is 15.9 Å². The topological polar surface area (TPSA) is 0 Å². The predicted molar refractivity (Wildman–Crippen MR) is 22.6 cm³/mol. The van der Waals surface area contributed by atoms with Gasteiger partial charge in [-0.25, -0.2) is 0 Å². The average Bonchev–Trinajstić information content (AvgIpc) is 1.35. The molecular formula is C3H3Br. The number of hydrogen-bond donors (Lipinski definition) is 0. The lowest BCUT2D eigenvalue weighted by atomic mass is 10.9. The van der Waals surface area contributed by atoms with Gasteiger partial charge in [-0.3, -0.25) is 0 Å². The molecule has 0 nitrogen and oxygen atoms in total. The van der Waals surface area contributed by atoms with Gasteiger partial charge in [0.05, 0.1) is 8.02 Å². The van der Waals surface area contributed by atoms with Crippen molar-refractivity contribution in [2.24, 2.45) is 0 Å².